The van der Waals surface area contributed by atoms with E-state index in [9.17, 15) is 0 Å². The summed E-state index contributed by atoms with van der Waals surface area (Å²) in [5.41, 5.74) is 2.86. The van der Waals surface area contributed by atoms with Crippen molar-refractivity contribution < 1.29 is 6.51 Å². The van der Waals surface area contributed by atoms with Gasteiger partial charge in [-0.25, -0.2) is 0 Å². The second-order valence-corrected chi connectivity index (χ2v) is 46.9. The van der Waals surface area contributed by atoms with E-state index in [0.717, 1.165) is 29.1 Å². The van der Waals surface area contributed by atoms with Crippen molar-refractivity contribution in [3.63, 3.8) is 0 Å². The number of hydrogen-bond acceptors (Lipinski definition) is 0. The first-order valence-corrected chi connectivity index (χ1v) is 21.9. The molecule has 10 aliphatic heterocycles. The fourth-order valence-electron chi connectivity index (χ4n) is 20.5. The minimum atomic E-state index is -3.50. The van der Waals surface area contributed by atoms with Gasteiger partial charge >= 0.3 is 172 Å². The first-order valence-electron chi connectivity index (χ1n) is 12.2. The zero-order valence-corrected chi connectivity index (χ0v) is 22.5. The quantitative estimate of drug-likeness (QED) is 0.278. The van der Waals surface area contributed by atoms with Gasteiger partial charge < -0.3 is 0 Å². The van der Waals surface area contributed by atoms with Gasteiger partial charge in [0.2, 0.25) is 0 Å². The van der Waals surface area contributed by atoms with Crippen LogP contribution in [0.2, 0.25) is 33.7 Å². The van der Waals surface area contributed by atoms with E-state index in [1.165, 1.54) is 50.9 Å². The van der Waals surface area contributed by atoms with Crippen molar-refractivity contribution in [2.75, 3.05) is 0 Å². The molecule has 0 amide bonds. The van der Waals surface area contributed by atoms with Gasteiger partial charge in [0, 0.05) is 0 Å². The molecule has 11 atom stereocenters. The van der Waals surface area contributed by atoms with Gasteiger partial charge in [-0.05, 0) is 0 Å². The first kappa shape index (κ1) is 15.8. The van der Waals surface area contributed by atoms with Crippen molar-refractivity contribution in [1.82, 2.24) is 0 Å². The zero-order valence-electron chi connectivity index (χ0n) is 18.5. The molecule has 11 unspecified atom stereocenters. The number of fused-ring (bicyclic) bond motifs is 10. The minimum absolute atomic E-state index is 0.0630. The molecule has 11 rings (SSSR count). The van der Waals surface area contributed by atoms with E-state index < -0.39 is 6.51 Å². The molecular formula is C25H35FeP3. The molecule has 0 aliphatic carbocycles. The predicted octanol–water partition coefficient (Wildman–Crippen LogP) is 7.49. The van der Waals surface area contributed by atoms with E-state index in [-0.39, 0.29) is 7.92 Å². The molecule has 0 nitrogen and oxygen atoms in total. The number of hydrogen-bond donors (Lipinski definition) is 0. The zero-order chi connectivity index (χ0) is 19.7. The molecule has 10 aliphatic rings. The average Bonchev–Trinajstić information content (AvgIpc) is 3.60. The van der Waals surface area contributed by atoms with Crippen LogP contribution in [0.25, 0.3) is 0 Å². The summed E-state index contributed by atoms with van der Waals surface area (Å²) in [7, 11) is 2.81. The Kier molecular flexibility index (Phi) is 1.08. The molecule has 0 bridgehead atoms. The van der Waals surface area contributed by atoms with Gasteiger partial charge in [-0.3, -0.25) is 0 Å². The Balaban J connectivity index is 1.29. The Labute approximate surface area is 171 Å². The first-order chi connectivity index (χ1) is 13.6. The van der Waals surface area contributed by atoms with E-state index in [1.54, 1.807) is 0 Å². The SMILES string of the molecule is CC(C)P[C]12[CH]3[CH]4[CH]5[C]1(PC(C)C)[Fe]43521678[CH]2[CH]1[CH]6[C]7(P(c1ccccc1)C(C)C)[CH]28. The van der Waals surface area contributed by atoms with Gasteiger partial charge in [0.05, 0.1) is 0 Å². The normalized spacial score (nSPS) is 82.4. The summed E-state index contributed by atoms with van der Waals surface area (Å²) in [5, 5.41) is 1.83. The molecule has 10 fully saturated rings. The van der Waals surface area contributed by atoms with Crippen LogP contribution in [0, 0.1) is 0 Å². The van der Waals surface area contributed by atoms with E-state index in [0.29, 0.717) is 0 Å². The van der Waals surface area contributed by atoms with E-state index in [4.69, 9.17) is 0 Å². The molecule has 0 N–H and O–H groups in total. The van der Waals surface area contributed by atoms with Gasteiger partial charge in [-0.2, -0.15) is 0 Å². The van der Waals surface area contributed by atoms with Crippen LogP contribution in [0.1, 0.15) is 41.5 Å². The number of benzene rings is 1. The van der Waals surface area contributed by atoms with Crippen LogP contribution >= 0.6 is 25.1 Å². The van der Waals surface area contributed by atoms with Crippen LogP contribution in [0.15, 0.2) is 30.3 Å². The summed E-state index contributed by atoms with van der Waals surface area (Å²) < 4.78 is 3.13. The van der Waals surface area contributed by atoms with Crippen molar-refractivity contribution in [3.8, 4) is 0 Å². The molecule has 158 valence electrons. The maximum absolute atomic E-state index is 3.50. The summed E-state index contributed by atoms with van der Waals surface area (Å²) >= 11 is 0. The van der Waals surface area contributed by atoms with Crippen LogP contribution in [0.5, 0.6) is 0 Å². The van der Waals surface area contributed by atoms with E-state index >= 15 is 0 Å². The Bertz CT molecular complexity index is 1460. The van der Waals surface area contributed by atoms with E-state index in [2.05, 4.69) is 71.9 Å². The van der Waals surface area contributed by atoms with Crippen molar-refractivity contribution in [1.29, 1.82) is 0 Å². The van der Waals surface area contributed by atoms with Gasteiger partial charge in [-0.1, -0.05) is 0 Å². The third-order valence-electron chi connectivity index (χ3n) is 17.8. The van der Waals surface area contributed by atoms with Gasteiger partial charge in [0.15, 0.2) is 0 Å². The Morgan fingerprint density at radius 2 is 1.28 bits per heavy atom. The Morgan fingerprint density at radius 3 is 1.66 bits per heavy atom. The summed E-state index contributed by atoms with van der Waals surface area (Å²) in [5.74, 6) is 0. The second kappa shape index (κ2) is 1.99. The second-order valence-electron chi connectivity index (χ2n) is 15.2. The molecular weight excluding hydrogens is 449 g/mol. The van der Waals surface area contributed by atoms with Crippen molar-refractivity contribution >= 4 is 30.4 Å². The van der Waals surface area contributed by atoms with Crippen LogP contribution < -0.4 is 5.30 Å². The topological polar surface area (TPSA) is 0 Å². The van der Waals surface area contributed by atoms with Gasteiger partial charge in [-0.15, -0.1) is 0 Å². The van der Waals surface area contributed by atoms with Crippen molar-refractivity contribution in [2.45, 2.75) is 104 Å². The Morgan fingerprint density at radius 1 is 0.759 bits per heavy atom. The van der Waals surface area contributed by atoms with Crippen molar-refractivity contribution in [3.05, 3.63) is 30.3 Å². The molecule has 1 spiro atoms. The standard InChI is InChI=1S/C14H16P.C11H19P2.Fe/c1-12(2)15(14-10-6-7-11-14)13-8-4-3-5-9-13;1-8(2)12-10-6-5-7-11(10)13-9(3)4;/h3-12H,1-2H3;5-9,12-13H,1-4H3;. The van der Waals surface area contributed by atoms with Gasteiger partial charge in [0.25, 0.3) is 0 Å². The summed E-state index contributed by atoms with van der Waals surface area (Å²) in [6, 6.07) is 12.2. The van der Waals surface area contributed by atoms with Crippen LogP contribution in [-0.4, -0.2) is 29.1 Å². The molecule has 0 aromatic heterocycles. The molecule has 4 heteroatoms. The third-order valence-corrected chi connectivity index (χ3v) is 80.7. The van der Waals surface area contributed by atoms with Crippen LogP contribution in [-0.2, 0) is 6.51 Å². The molecule has 0 saturated carbocycles. The monoisotopic (exact) mass is 484 g/mol. The molecule has 1 aromatic rings. The van der Waals surface area contributed by atoms with Gasteiger partial charge in [0.1, 0.15) is 0 Å². The molecule has 0 radical (unpaired) electrons. The molecule has 29 heavy (non-hydrogen) atoms. The predicted molar refractivity (Wildman–Crippen MR) is 129 cm³/mol. The van der Waals surface area contributed by atoms with Crippen LogP contribution in [0.4, 0.5) is 0 Å². The van der Waals surface area contributed by atoms with Crippen molar-refractivity contribution in [2.24, 2.45) is 0 Å². The molecule has 1 aromatic carbocycles. The van der Waals surface area contributed by atoms with E-state index in [1.807, 2.05) is 5.30 Å². The number of rotatable bonds is 7. The van der Waals surface area contributed by atoms with Crippen LogP contribution in [0.3, 0.4) is 0 Å². The Hall–Kier alpha value is 1.03. The molecule has 10 heterocycles. The maximum atomic E-state index is 2.64. The summed E-state index contributed by atoms with van der Waals surface area (Å²) in [6.45, 7) is 12.2. The average molecular weight is 484 g/mol. The third kappa shape index (κ3) is 0.285. The summed E-state index contributed by atoms with van der Waals surface area (Å²) in [4.78, 5) is 9.93. The summed E-state index contributed by atoms with van der Waals surface area (Å²) in [6.07, 6.45) is 0. The molecule has 10 saturated heterocycles. The fourth-order valence-corrected chi connectivity index (χ4v) is 140. The fraction of sp³-hybridized carbons (Fsp3) is 0.760.